The Balaban J connectivity index is 2.21. The number of halogens is 4. The van der Waals surface area contributed by atoms with Gasteiger partial charge >= 0.3 is 6.18 Å². The van der Waals surface area contributed by atoms with Crippen molar-refractivity contribution in [1.29, 1.82) is 0 Å². The molecule has 108 valence electrons. The van der Waals surface area contributed by atoms with Gasteiger partial charge in [-0.15, -0.1) is 0 Å². The molecule has 0 aliphatic heterocycles. The number of ketones is 1. The fourth-order valence-electron chi connectivity index (χ4n) is 1.73. The van der Waals surface area contributed by atoms with Crippen molar-refractivity contribution in [3.05, 3.63) is 76.3 Å². The van der Waals surface area contributed by atoms with E-state index in [1.54, 1.807) is 6.08 Å². The third-order valence-electron chi connectivity index (χ3n) is 2.79. The van der Waals surface area contributed by atoms with Gasteiger partial charge in [0.05, 0.1) is 10.6 Å². The molecule has 0 atom stereocenters. The van der Waals surface area contributed by atoms with Gasteiger partial charge < -0.3 is 0 Å². The van der Waals surface area contributed by atoms with Crippen LogP contribution in [0, 0.1) is 0 Å². The summed E-state index contributed by atoms with van der Waals surface area (Å²) >= 11 is 5.58. The quantitative estimate of drug-likeness (QED) is 0.558. The lowest BCUT2D eigenvalue weighted by atomic mass is 10.1. The topological polar surface area (TPSA) is 17.1 Å². The minimum atomic E-state index is -4.53. The fraction of sp³-hybridized carbons (Fsp3) is 0.0625. The maximum absolute atomic E-state index is 12.6. The van der Waals surface area contributed by atoms with Crippen LogP contribution in [0.25, 0.3) is 6.08 Å². The Labute approximate surface area is 124 Å². The van der Waals surface area contributed by atoms with Gasteiger partial charge in [0, 0.05) is 5.56 Å². The summed E-state index contributed by atoms with van der Waals surface area (Å²) in [6, 6.07) is 12.1. The lowest BCUT2D eigenvalue weighted by molar-refractivity contribution is -0.137. The molecule has 0 unspecified atom stereocenters. The number of carbonyl (C=O) groups excluding carboxylic acids is 1. The molecule has 0 amide bonds. The number of rotatable bonds is 3. The van der Waals surface area contributed by atoms with E-state index in [4.69, 9.17) is 11.6 Å². The lowest BCUT2D eigenvalue weighted by Gasteiger charge is -2.09. The molecule has 0 saturated heterocycles. The van der Waals surface area contributed by atoms with Crippen LogP contribution in [0.3, 0.4) is 0 Å². The number of hydrogen-bond donors (Lipinski definition) is 0. The van der Waals surface area contributed by atoms with E-state index in [2.05, 4.69) is 0 Å². The highest BCUT2D eigenvalue weighted by molar-refractivity contribution is 6.32. The summed E-state index contributed by atoms with van der Waals surface area (Å²) in [5.74, 6) is -0.408. The zero-order valence-electron chi connectivity index (χ0n) is 10.7. The minimum absolute atomic E-state index is 0.111. The van der Waals surface area contributed by atoms with E-state index >= 15 is 0 Å². The molecule has 2 rings (SSSR count). The molecule has 0 aliphatic rings. The van der Waals surface area contributed by atoms with E-state index < -0.39 is 22.5 Å². The molecule has 0 saturated carbocycles. The first-order valence-electron chi connectivity index (χ1n) is 6.02. The van der Waals surface area contributed by atoms with E-state index in [1.807, 2.05) is 30.3 Å². The summed E-state index contributed by atoms with van der Waals surface area (Å²) in [6.45, 7) is 0. The monoisotopic (exact) mass is 310 g/mol. The number of allylic oxidation sites excluding steroid dienone is 1. The van der Waals surface area contributed by atoms with Crippen LogP contribution in [0.2, 0.25) is 5.02 Å². The van der Waals surface area contributed by atoms with Crippen molar-refractivity contribution < 1.29 is 18.0 Å². The molecule has 1 nitrogen and oxygen atoms in total. The van der Waals surface area contributed by atoms with Crippen LogP contribution < -0.4 is 0 Å². The lowest BCUT2D eigenvalue weighted by Crippen LogP contribution is -2.06. The van der Waals surface area contributed by atoms with Gasteiger partial charge in [-0.3, -0.25) is 4.79 Å². The fourth-order valence-corrected chi connectivity index (χ4v) is 2.02. The third kappa shape index (κ3) is 3.95. The van der Waals surface area contributed by atoms with E-state index in [9.17, 15) is 18.0 Å². The minimum Gasteiger partial charge on any atom is -0.289 e. The zero-order valence-corrected chi connectivity index (χ0v) is 11.4. The predicted molar refractivity (Wildman–Crippen MR) is 76.3 cm³/mol. The number of benzene rings is 2. The van der Waals surface area contributed by atoms with Gasteiger partial charge in [-0.05, 0) is 23.8 Å². The largest absolute Gasteiger partial charge is 0.417 e. The predicted octanol–water partition coefficient (Wildman–Crippen LogP) is 5.25. The molecule has 0 radical (unpaired) electrons. The Morgan fingerprint density at radius 1 is 1.05 bits per heavy atom. The summed E-state index contributed by atoms with van der Waals surface area (Å²) < 4.78 is 37.7. The standard InChI is InChI=1S/C16H10ClF3O/c17-14-10-12(7-8-13(14)16(18,19)20)15(21)9-6-11-4-2-1-3-5-11/h1-10H. The second-order valence-corrected chi connectivity index (χ2v) is 4.71. The molecule has 0 spiro atoms. The molecule has 2 aromatic carbocycles. The van der Waals surface area contributed by atoms with Crippen LogP contribution in [0.1, 0.15) is 21.5 Å². The Morgan fingerprint density at radius 3 is 2.29 bits per heavy atom. The van der Waals surface area contributed by atoms with Crippen LogP contribution in [0.15, 0.2) is 54.6 Å². The summed E-state index contributed by atoms with van der Waals surface area (Å²) in [6.07, 6.45) is -1.64. The van der Waals surface area contributed by atoms with Gasteiger partial charge in [0.2, 0.25) is 0 Å². The molecule has 0 heterocycles. The molecule has 0 bridgehead atoms. The van der Waals surface area contributed by atoms with Crippen LogP contribution in [-0.4, -0.2) is 5.78 Å². The molecule has 0 fully saturated rings. The van der Waals surface area contributed by atoms with Crippen molar-refractivity contribution in [2.75, 3.05) is 0 Å². The highest BCUT2D eigenvalue weighted by atomic mass is 35.5. The van der Waals surface area contributed by atoms with Crippen LogP contribution in [-0.2, 0) is 6.18 Å². The first kappa shape index (κ1) is 15.3. The molecule has 0 aromatic heterocycles. The second-order valence-electron chi connectivity index (χ2n) is 4.30. The van der Waals surface area contributed by atoms with Crippen LogP contribution in [0.5, 0.6) is 0 Å². The first-order valence-corrected chi connectivity index (χ1v) is 6.40. The summed E-state index contributed by atoms with van der Waals surface area (Å²) in [5, 5.41) is -0.485. The van der Waals surface area contributed by atoms with Crippen molar-refractivity contribution in [2.45, 2.75) is 6.18 Å². The Morgan fingerprint density at radius 2 is 1.71 bits per heavy atom. The Bertz CT molecular complexity index is 676. The summed E-state index contributed by atoms with van der Waals surface area (Å²) in [4.78, 5) is 11.9. The normalized spacial score (nSPS) is 11.8. The third-order valence-corrected chi connectivity index (χ3v) is 3.10. The van der Waals surface area contributed by atoms with Crippen molar-refractivity contribution >= 4 is 23.5 Å². The van der Waals surface area contributed by atoms with Crippen molar-refractivity contribution in [3.63, 3.8) is 0 Å². The highest BCUT2D eigenvalue weighted by Gasteiger charge is 2.33. The van der Waals surface area contributed by atoms with Gasteiger partial charge in [0.25, 0.3) is 0 Å². The molecule has 21 heavy (non-hydrogen) atoms. The molecule has 0 N–H and O–H groups in total. The Hall–Kier alpha value is -2.07. The molecule has 0 aliphatic carbocycles. The average Bonchev–Trinajstić information content (AvgIpc) is 2.44. The van der Waals surface area contributed by atoms with Crippen molar-refractivity contribution in [2.24, 2.45) is 0 Å². The van der Waals surface area contributed by atoms with Crippen LogP contribution in [0.4, 0.5) is 13.2 Å². The number of carbonyl (C=O) groups is 1. The van der Waals surface area contributed by atoms with Gasteiger partial charge in [-0.1, -0.05) is 54.1 Å². The average molecular weight is 311 g/mol. The van der Waals surface area contributed by atoms with Gasteiger partial charge in [0.1, 0.15) is 0 Å². The van der Waals surface area contributed by atoms with E-state index in [0.29, 0.717) is 0 Å². The van der Waals surface area contributed by atoms with Crippen molar-refractivity contribution in [3.8, 4) is 0 Å². The smallest absolute Gasteiger partial charge is 0.289 e. The van der Waals surface area contributed by atoms with E-state index in [0.717, 1.165) is 23.8 Å². The zero-order chi connectivity index (χ0) is 15.5. The van der Waals surface area contributed by atoms with Gasteiger partial charge in [-0.2, -0.15) is 13.2 Å². The van der Waals surface area contributed by atoms with E-state index in [1.165, 1.54) is 6.08 Å². The highest BCUT2D eigenvalue weighted by Crippen LogP contribution is 2.35. The SMILES string of the molecule is O=C(C=Cc1ccccc1)c1ccc(C(F)(F)F)c(Cl)c1. The molecular weight excluding hydrogens is 301 g/mol. The molecule has 2 aromatic rings. The Kier molecular flexibility index (Phi) is 4.48. The van der Waals surface area contributed by atoms with Crippen molar-refractivity contribution in [1.82, 2.24) is 0 Å². The summed E-state index contributed by atoms with van der Waals surface area (Å²) in [5.41, 5.74) is -0.0169. The summed E-state index contributed by atoms with van der Waals surface area (Å²) in [7, 11) is 0. The van der Waals surface area contributed by atoms with Gasteiger partial charge in [0.15, 0.2) is 5.78 Å². The molecule has 5 heteroatoms. The first-order chi connectivity index (χ1) is 9.88. The second kappa shape index (κ2) is 6.14. The number of alkyl halides is 3. The number of hydrogen-bond acceptors (Lipinski definition) is 1. The maximum atomic E-state index is 12.6. The maximum Gasteiger partial charge on any atom is 0.417 e. The van der Waals surface area contributed by atoms with Gasteiger partial charge in [-0.25, -0.2) is 0 Å². The van der Waals surface area contributed by atoms with Crippen LogP contribution >= 0.6 is 11.6 Å². The molecular formula is C16H10ClF3O. The van der Waals surface area contributed by atoms with E-state index in [-0.39, 0.29) is 5.56 Å².